The Balaban J connectivity index is 1.61. The Hall–Kier alpha value is -3.85. The predicted molar refractivity (Wildman–Crippen MR) is 129 cm³/mol. The summed E-state index contributed by atoms with van der Waals surface area (Å²) in [6.07, 6.45) is 2.30. The lowest BCUT2D eigenvalue weighted by molar-refractivity contribution is 0.0954. The number of benzene rings is 3. The van der Waals surface area contributed by atoms with Crippen molar-refractivity contribution in [2.24, 2.45) is 5.10 Å². The first-order chi connectivity index (χ1) is 16.4. The van der Waals surface area contributed by atoms with Crippen molar-refractivity contribution in [2.75, 3.05) is 13.2 Å². The number of hydrogen-bond donors (Lipinski definition) is 1. The number of amides is 1. The van der Waals surface area contributed by atoms with Crippen molar-refractivity contribution in [1.82, 2.24) is 5.43 Å². The van der Waals surface area contributed by atoms with Crippen LogP contribution in [0.25, 0.3) is 0 Å². The van der Waals surface area contributed by atoms with Gasteiger partial charge in [-0.1, -0.05) is 25.1 Å². The van der Waals surface area contributed by atoms with Crippen LogP contribution < -0.4 is 19.1 Å². The molecule has 0 saturated heterocycles. The zero-order valence-electron chi connectivity index (χ0n) is 18.9. The predicted octanol–water partition coefficient (Wildman–Crippen LogP) is 4.41. The molecule has 8 nitrogen and oxygen atoms in total. The molecule has 9 heteroatoms. The zero-order valence-corrected chi connectivity index (χ0v) is 19.7. The Morgan fingerprint density at radius 3 is 2.35 bits per heavy atom. The van der Waals surface area contributed by atoms with Gasteiger partial charge in [-0.2, -0.15) is 13.5 Å². The summed E-state index contributed by atoms with van der Waals surface area (Å²) < 4.78 is 40.9. The Bertz CT molecular complexity index is 1230. The van der Waals surface area contributed by atoms with E-state index >= 15 is 0 Å². The van der Waals surface area contributed by atoms with Crippen molar-refractivity contribution in [1.29, 1.82) is 0 Å². The molecule has 34 heavy (non-hydrogen) atoms. The molecule has 0 aliphatic heterocycles. The molecule has 0 aromatic heterocycles. The molecule has 3 rings (SSSR count). The molecular formula is C25H26N2O6S. The molecule has 0 unspecified atom stereocenters. The van der Waals surface area contributed by atoms with Crippen molar-refractivity contribution in [2.45, 2.75) is 25.2 Å². The quantitative estimate of drug-likeness (QED) is 0.247. The van der Waals surface area contributed by atoms with Gasteiger partial charge in [0.05, 0.1) is 19.4 Å². The average Bonchev–Trinajstić information content (AvgIpc) is 2.85. The van der Waals surface area contributed by atoms with Crippen LogP contribution in [-0.2, 0) is 10.1 Å². The minimum absolute atomic E-state index is 0.0702. The largest absolute Gasteiger partial charge is 0.490 e. The van der Waals surface area contributed by atoms with E-state index < -0.39 is 16.0 Å². The Morgan fingerprint density at radius 2 is 1.68 bits per heavy atom. The molecule has 3 aromatic carbocycles. The van der Waals surface area contributed by atoms with E-state index in [1.165, 1.54) is 30.5 Å². The molecule has 0 atom stereocenters. The first-order valence-electron chi connectivity index (χ1n) is 10.8. The number of hydrogen-bond acceptors (Lipinski definition) is 7. The van der Waals surface area contributed by atoms with Crippen molar-refractivity contribution in [3.63, 3.8) is 0 Å². The molecule has 178 valence electrons. The van der Waals surface area contributed by atoms with Gasteiger partial charge in [-0.25, -0.2) is 5.43 Å². The monoisotopic (exact) mass is 482 g/mol. The molecule has 1 amide bonds. The van der Waals surface area contributed by atoms with Crippen LogP contribution in [0.3, 0.4) is 0 Å². The second kappa shape index (κ2) is 11.9. The van der Waals surface area contributed by atoms with Crippen molar-refractivity contribution in [3.8, 4) is 17.2 Å². The van der Waals surface area contributed by atoms with Crippen molar-refractivity contribution >= 4 is 22.2 Å². The topological polar surface area (TPSA) is 103 Å². The van der Waals surface area contributed by atoms with E-state index in [1.807, 2.05) is 13.8 Å². The van der Waals surface area contributed by atoms with Crippen LogP contribution in [0.1, 0.15) is 36.2 Å². The number of hydrazone groups is 1. The molecule has 1 N–H and O–H groups in total. The summed E-state index contributed by atoms with van der Waals surface area (Å²) in [7, 11) is -3.91. The average molecular weight is 483 g/mol. The lowest BCUT2D eigenvalue weighted by atomic mass is 10.2. The standard InChI is InChI=1S/C25H26N2O6S/c1-3-16-32-23-15-12-20(17-24(23)31-4-2)25(28)27-26-18-19-10-13-21(14-11-19)33-34(29,30)22-8-6-5-7-9-22/h5-15,17-18H,3-4,16H2,1-2H3,(H,27,28)/b26-18+. The van der Waals surface area contributed by atoms with Crippen LogP contribution in [0.5, 0.6) is 17.2 Å². The Kier molecular flexibility index (Phi) is 8.64. The van der Waals surface area contributed by atoms with Gasteiger partial charge in [-0.05, 0) is 73.5 Å². The number of nitrogens with zero attached hydrogens (tertiary/aromatic N) is 1. The summed E-state index contributed by atoms with van der Waals surface area (Å²) in [4.78, 5) is 12.5. The van der Waals surface area contributed by atoms with Crippen molar-refractivity contribution in [3.05, 3.63) is 83.9 Å². The third kappa shape index (κ3) is 6.82. The van der Waals surface area contributed by atoms with E-state index in [4.69, 9.17) is 13.7 Å². The molecule has 0 saturated carbocycles. The van der Waals surface area contributed by atoms with E-state index in [9.17, 15) is 13.2 Å². The normalized spacial score (nSPS) is 11.2. The zero-order chi connectivity index (χ0) is 24.4. The molecule has 3 aromatic rings. The molecule has 0 heterocycles. The van der Waals surface area contributed by atoms with Gasteiger partial charge >= 0.3 is 10.1 Å². The highest BCUT2D eigenvalue weighted by atomic mass is 32.2. The van der Waals surface area contributed by atoms with Gasteiger partial charge in [-0.15, -0.1) is 0 Å². The van der Waals surface area contributed by atoms with Crippen LogP contribution in [0.15, 0.2) is 82.8 Å². The highest BCUT2D eigenvalue weighted by Crippen LogP contribution is 2.28. The minimum atomic E-state index is -3.91. The van der Waals surface area contributed by atoms with Gasteiger partial charge in [0.1, 0.15) is 10.6 Å². The number of carbonyl (C=O) groups is 1. The number of carbonyl (C=O) groups excluding carboxylic acids is 1. The van der Waals surface area contributed by atoms with Crippen LogP contribution in [-0.4, -0.2) is 33.8 Å². The summed E-state index contributed by atoms with van der Waals surface area (Å²) in [6.45, 7) is 4.86. The number of rotatable bonds is 11. The van der Waals surface area contributed by atoms with E-state index in [0.29, 0.717) is 35.8 Å². The number of nitrogens with one attached hydrogen (secondary N) is 1. The molecule has 0 aliphatic rings. The van der Waals surface area contributed by atoms with E-state index in [1.54, 1.807) is 48.5 Å². The van der Waals surface area contributed by atoms with Gasteiger partial charge < -0.3 is 13.7 Å². The third-order valence-electron chi connectivity index (χ3n) is 4.47. The molecular weight excluding hydrogens is 456 g/mol. The molecule has 0 aliphatic carbocycles. The third-order valence-corrected chi connectivity index (χ3v) is 5.73. The van der Waals surface area contributed by atoms with Gasteiger partial charge in [0.25, 0.3) is 5.91 Å². The lowest BCUT2D eigenvalue weighted by Crippen LogP contribution is -2.17. The Labute approximate surface area is 199 Å². The maximum Gasteiger partial charge on any atom is 0.339 e. The highest BCUT2D eigenvalue weighted by Gasteiger charge is 2.16. The van der Waals surface area contributed by atoms with Gasteiger partial charge in [-0.3, -0.25) is 4.79 Å². The fourth-order valence-corrected chi connectivity index (χ4v) is 3.80. The molecule has 0 radical (unpaired) electrons. The van der Waals surface area contributed by atoms with Crippen LogP contribution >= 0.6 is 0 Å². The van der Waals surface area contributed by atoms with Gasteiger partial charge in [0.2, 0.25) is 0 Å². The molecule has 0 bridgehead atoms. The minimum Gasteiger partial charge on any atom is -0.490 e. The van der Waals surface area contributed by atoms with E-state index in [0.717, 1.165) is 6.42 Å². The van der Waals surface area contributed by atoms with Crippen molar-refractivity contribution < 1.29 is 26.9 Å². The lowest BCUT2D eigenvalue weighted by Gasteiger charge is -2.12. The summed E-state index contributed by atoms with van der Waals surface area (Å²) in [5.41, 5.74) is 3.48. The van der Waals surface area contributed by atoms with Crippen LogP contribution in [0.4, 0.5) is 0 Å². The summed E-state index contributed by atoms with van der Waals surface area (Å²) in [5.74, 6) is 0.834. The van der Waals surface area contributed by atoms with E-state index in [-0.39, 0.29) is 10.6 Å². The molecule has 0 spiro atoms. The maximum atomic E-state index is 12.5. The second-order valence-corrected chi connectivity index (χ2v) is 8.61. The summed E-state index contributed by atoms with van der Waals surface area (Å²) >= 11 is 0. The SMILES string of the molecule is CCCOc1ccc(C(=O)N/N=C/c2ccc(OS(=O)(=O)c3ccccc3)cc2)cc1OCC. The highest BCUT2D eigenvalue weighted by molar-refractivity contribution is 7.87. The Morgan fingerprint density at radius 1 is 0.941 bits per heavy atom. The smallest absolute Gasteiger partial charge is 0.339 e. The first kappa shape index (κ1) is 24.8. The molecule has 0 fully saturated rings. The fourth-order valence-electron chi connectivity index (χ4n) is 2.85. The maximum absolute atomic E-state index is 12.5. The van der Waals surface area contributed by atoms with Crippen LogP contribution in [0.2, 0.25) is 0 Å². The van der Waals surface area contributed by atoms with Gasteiger partial charge in [0.15, 0.2) is 11.5 Å². The van der Waals surface area contributed by atoms with E-state index in [2.05, 4.69) is 10.5 Å². The van der Waals surface area contributed by atoms with Crippen LogP contribution in [0, 0.1) is 0 Å². The number of ether oxygens (including phenoxy) is 2. The summed E-state index contributed by atoms with van der Waals surface area (Å²) in [6, 6.07) is 19.1. The first-order valence-corrected chi connectivity index (χ1v) is 12.2. The second-order valence-electron chi connectivity index (χ2n) is 7.06. The van der Waals surface area contributed by atoms with Gasteiger partial charge in [0, 0.05) is 5.56 Å². The summed E-state index contributed by atoms with van der Waals surface area (Å²) in [5, 5.41) is 3.96. The fraction of sp³-hybridized carbons (Fsp3) is 0.200.